The van der Waals surface area contributed by atoms with Gasteiger partial charge in [0.2, 0.25) is 5.95 Å². The van der Waals surface area contributed by atoms with Crippen molar-refractivity contribution in [2.24, 2.45) is 13.0 Å². The predicted octanol–water partition coefficient (Wildman–Crippen LogP) is 1.35. The van der Waals surface area contributed by atoms with Crippen molar-refractivity contribution in [3.63, 3.8) is 0 Å². The molecule has 0 bridgehead atoms. The lowest BCUT2D eigenvalue weighted by Gasteiger charge is -2.36. The molecule has 8 heteroatoms. The molecule has 0 unspecified atom stereocenters. The van der Waals surface area contributed by atoms with Crippen molar-refractivity contribution >= 4 is 17.8 Å². The number of piperidine rings is 1. The average molecular weight is 317 g/mol. The molecule has 0 radical (unpaired) electrons. The molecule has 2 aromatic rings. The standard InChI is InChI=1S/C15H19N5O3/c1-10-5-6-20(11(8-10)12-4-3-7-23-12)14(22)13(21)18-15-16-9-17-19(15)2/h3-4,7,9-11H,5-6,8H2,1-2H3,(H,16,17,18,21)/t10-,11-/m1/s1. The summed E-state index contributed by atoms with van der Waals surface area (Å²) in [5, 5.41) is 6.35. The molecule has 1 aliphatic heterocycles. The Morgan fingerprint density at radius 2 is 2.26 bits per heavy atom. The molecule has 1 aliphatic rings. The van der Waals surface area contributed by atoms with E-state index in [0.717, 1.165) is 12.8 Å². The Hall–Kier alpha value is -2.64. The van der Waals surface area contributed by atoms with E-state index in [4.69, 9.17) is 4.42 Å². The largest absolute Gasteiger partial charge is 0.467 e. The number of rotatable bonds is 2. The number of carbonyl (C=O) groups excluding carboxylic acids is 2. The minimum absolute atomic E-state index is 0.216. The van der Waals surface area contributed by atoms with Gasteiger partial charge in [-0.05, 0) is 30.9 Å². The maximum Gasteiger partial charge on any atom is 0.316 e. The van der Waals surface area contributed by atoms with E-state index < -0.39 is 11.8 Å². The van der Waals surface area contributed by atoms with Crippen molar-refractivity contribution in [2.45, 2.75) is 25.8 Å². The lowest BCUT2D eigenvalue weighted by Crippen LogP contribution is -2.45. The van der Waals surface area contributed by atoms with Gasteiger partial charge in [0.05, 0.1) is 12.3 Å². The predicted molar refractivity (Wildman–Crippen MR) is 81.2 cm³/mol. The van der Waals surface area contributed by atoms with Gasteiger partial charge in [0.25, 0.3) is 0 Å². The van der Waals surface area contributed by atoms with Crippen LogP contribution in [0.1, 0.15) is 31.6 Å². The van der Waals surface area contributed by atoms with Crippen molar-refractivity contribution in [3.8, 4) is 0 Å². The molecule has 0 saturated carbocycles. The second-order valence-electron chi connectivity index (χ2n) is 5.82. The highest BCUT2D eigenvalue weighted by molar-refractivity contribution is 6.39. The van der Waals surface area contributed by atoms with E-state index in [-0.39, 0.29) is 12.0 Å². The zero-order chi connectivity index (χ0) is 16.4. The van der Waals surface area contributed by atoms with Crippen LogP contribution in [0.2, 0.25) is 0 Å². The normalized spacial score (nSPS) is 21.2. The van der Waals surface area contributed by atoms with Gasteiger partial charge in [-0.25, -0.2) is 4.68 Å². The number of hydrogen-bond donors (Lipinski definition) is 1. The van der Waals surface area contributed by atoms with Gasteiger partial charge in [-0.2, -0.15) is 10.1 Å². The summed E-state index contributed by atoms with van der Waals surface area (Å²) in [7, 11) is 1.64. The van der Waals surface area contributed by atoms with Crippen molar-refractivity contribution in [1.82, 2.24) is 19.7 Å². The third kappa shape index (κ3) is 3.10. The van der Waals surface area contributed by atoms with E-state index >= 15 is 0 Å². The first kappa shape index (κ1) is 15.3. The first-order valence-corrected chi connectivity index (χ1v) is 7.55. The van der Waals surface area contributed by atoms with Crippen LogP contribution in [0, 0.1) is 5.92 Å². The van der Waals surface area contributed by atoms with Crippen molar-refractivity contribution in [2.75, 3.05) is 11.9 Å². The van der Waals surface area contributed by atoms with Gasteiger partial charge in [-0.1, -0.05) is 6.92 Å². The van der Waals surface area contributed by atoms with Crippen molar-refractivity contribution < 1.29 is 14.0 Å². The first-order chi connectivity index (χ1) is 11.1. The molecule has 1 saturated heterocycles. The second kappa shape index (κ2) is 6.23. The van der Waals surface area contributed by atoms with Crippen LogP contribution in [-0.2, 0) is 16.6 Å². The highest BCUT2D eigenvalue weighted by Gasteiger charge is 2.35. The van der Waals surface area contributed by atoms with E-state index in [0.29, 0.717) is 18.2 Å². The van der Waals surface area contributed by atoms with Gasteiger partial charge < -0.3 is 9.32 Å². The van der Waals surface area contributed by atoms with Crippen LogP contribution in [-0.4, -0.2) is 38.0 Å². The van der Waals surface area contributed by atoms with E-state index in [1.807, 2.05) is 6.07 Å². The molecule has 0 aliphatic carbocycles. The Kier molecular flexibility index (Phi) is 4.14. The number of likely N-dealkylation sites (tertiary alicyclic amines) is 1. The first-order valence-electron chi connectivity index (χ1n) is 7.55. The Labute approximate surface area is 133 Å². The Morgan fingerprint density at radius 1 is 1.43 bits per heavy atom. The summed E-state index contributed by atoms with van der Waals surface area (Å²) in [6, 6.07) is 3.41. The van der Waals surface area contributed by atoms with Crippen LogP contribution in [0.3, 0.4) is 0 Å². The smallest absolute Gasteiger partial charge is 0.316 e. The van der Waals surface area contributed by atoms with E-state index in [2.05, 4.69) is 22.3 Å². The number of aryl methyl sites for hydroxylation is 1. The molecule has 2 amide bonds. The van der Waals surface area contributed by atoms with Crippen LogP contribution in [0.25, 0.3) is 0 Å². The van der Waals surface area contributed by atoms with Crippen LogP contribution >= 0.6 is 0 Å². The molecule has 0 spiro atoms. The minimum Gasteiger partial charge on any atom is -0.467 e. The Morgan fingerprint density at radius 3 is 2.91 bits per heavy atom. The summed E-state index contributed by atoms with van der Waals surface area (Å²) in [4.78, 5) is 30.3. The van der Waals surface area contributed by atoms with Gasteiger partial charge >= 0.3 is 11.8 Å². The van der Waals surface area contributed by atoms with Gasteiger partial charge in [0, 0.05) is 13.6 Å². The molecule has 3 heterocycles. The molecule has 1 fully saturated rings. The van der Waals surface area contributed by atoms with Gasteiger partial charge in [0.1, 0.15) is 12.1 Å². The van der Waals surface area contributed by atoms with Gasteiger partial charge in [-0.3, -0.25) is 14.9 Å². The monoisotopic (exact) mass is 317 g/mol. The second-order valence-corrected chi connectivity index (χ2v) is 5.82. The fraction of sp³-hybridized carbons (Fsp3) is 0.467. The van der Waals surface area contributed by atoms with Crippen molar-refractivity contribution in [1.29, 1.82) is 0 Å². The molecule has 8 nitrogen and oxygen atoms in total. The zero-order valence-electron chi connectivity index (χ0n) is 13.1. The molecule has 3 rings (SSSR count). The Balaban J connectivity index is 1.76. The van der Waals surface area contributed by atoms with Crippen LogP contribution < -0.4 is 5.32 Å². The number of aromatic nitrogens is 3. The topological polar surface area (TPSA) is 93.3 Å². The fourth-order valence-electron chi connectivity index (χ4n) is 2.83. The molecule has 0 aromatic carbocycles. The summed E-state index contributed by atoms with van der Waals surface area (Å²) in [6.45, 7) is 2.66. The fourth-order valence-corrected chi connectivity index (χ4v) is 2.83. The van der Waals surface area contributed by atoms with E-state index in [1.165, 1.54) is 11.0 Å². The molecule has 23 heavy (non-hydrogen) atoms. The zero-order valence-corrected chi connectivity index (χ0v) is 13.1. The van der Waals surface area contributed by atoms with E-state index in [1.54, 1.807) is 24.3 Å². The quantitative estimate of drug-likeness (QED) is 0.844. The summed E-state index contributed by atoms with van der Waals surface area (Å²) >= 11 is 0. The summed E-state index contributed by atoms with van der Waals surface area (Å²) in [6.07, 6.45) is 4.53. The summed E-state index contributed by atoms with van der Waals surface area (Å²) in [5.74, 6) is 0.115. The molecule has 122 valence electrons. The molecular formula is C15H19N5O3. The summed E-state index contributed by atoms with van der Waals surface area (Å²) < 4.78 is 6.85. The number of hydrogen-bond acceptors (Lipinski definition) is 5. The van der Waals surface area contributed by atoms with Crippen LogP contribution in [0.4, 0.5) is 5.95 Å². The highest BCUT2D eigenvalue weighted by atomic mass is 16.3. The van der Waals surface area contributed by atoms with Gasteiger partial charge in [-0.15, -0.1) is 0 Å². The van der Waals surface area contributed by atoms with E-state index in [9.17, 15) is 9.59 Å². The maximum absolute atomic E-state index is 12.6. The molecule has 2 aromatic heterocycles. The molecular weight excluding hydrogens is 298 g/mol. The third-order valence-electron chi connectivity index (χ3n) is 4.13. The number of nitrogens with zero attached hydrogens (tertiary/aromatic N) is 4. The highest BCUT2D eigenvalue weighted by Crippen LogP contribution is 2.34. The van der Waals surface area contributed by atoms with Crippen molar-refractivity contribution in [3.05, 3.63) is 30.5 Å². The third-order valence-corrected chi connectivity index (χ3v) is 4.13. The number of furan rings is 1. The number of anilines is 1. The SMILES string of the molecule is C[C@@H]1CCN(C(=O)C(=O)Nc2ncnn2C)[C@@H](c2ccco2)C1. The minimum atomic E-state index is -0.716. The summed E-state index contributed by atoms with van der Waals surface area (Å²) in [5.41, 5.74) is 0. The number of carbonyl (C=O) groups is 2. The number of nitrogens with one attached hydrogen (secondary N) is 1. The average Bonchev–Trinajstić information content (AvgIpc) is 3.19. The van der Waals surface area contributed by atoms with Gasteiger partial charge in [0.15, 0.2) is 0 Å². The number of amides is 2. The molecule has 2 atom stereocenters. The maximum atomic E-state index is 12.6. The van der Waals surface area contributed by atoms with Crippen LogP contribution in [0.5, 0.6) is 0 Å². The lowest BCUT2D eigenvalue weighted by molar-refractivity contribution is -0.146. The molecule has 1 N–H and O–H groups in total. The Bertz CT molecular complexity index is 694. The lowest BCUT2D eigenvalue weighted by atomic mass is 9.91. The van der Waals surface area contributed by atoms with Crippen LogP contribution in [0.15, 0.2) is 29.1 Å².